The van der Waals surface area contributed by atoms with Crippen LogP contribution < -0.4 is 5.73 Å². The fourth-order valence-corrected chi connectivity index (χ4v) is 1.59. The molecular formula is C12H19N. The van der Waals surface area contributed by atoms with Gasteiger partial charge in [-0.1, -0.05) is 39.0 Å². The lowest BCUT2D eigenvalue weighted by Gasteiger charge is -2.11. The summed E-state index contributed by atoms with van der Waals surface area (Å²) in [6.45, 7) is 6.58. The van der Waals surface area contributed by atoms with Crippen molar-refractivity contribution in [2.24, 2.45) is 5.92 Å². The summed E-state index contributed by atoms with van der Waals surface area (Å²) in [5.41, 5.74) is 9.62. The van der Waals surface area contributed by atoms with Crippen molar-refractivity contribution in [3.63, 3.8) is 0 Å². The Kier molecular flexibility index (Phi) is 3.35. The standard InChI is InChI=1S/C12H19N/c1-4-10-6-5-7-11(12(10)13)8-9(2)3/h5-7,9H,4,8,13H2,1-3H3. The molecule has 0 aromatic heterocycles. The van der Waals surface area contributed by atoms with Gasteiger partial charge in [-0.25, -0.2) is 0 Å². The Morgan fingerprint density at radius 3 is 2.38 bits per heavy atom. The Morgan fingerprint density at radius 2 is 1.85 bits per heavy atom. The molecule has 0 heterocycles. The van der Waals surface area contributed by atoms with Crippen LogP contribution in [0.2, 0.25) is 0 Å². The number of hydrogen-bond donors (Lipinski definition) is 1. The highest BCUT2D eigenvalue weighted by Gasteiger charge is 2.04. The maximum atomic E-state index is 6.04. The van der Waals surface area contributed by atoms with Crippen LogP contribution in [0.4, 0.5) is 5.69 Å². The van der Waals surface area contributed by atoms with Crippen molar-refractivity contribution in [3.05, 3.63) is 29.3 Å². The first-order valence-corrected chi connectivity index (χ1v) is 5.01. The van der Waals surface area contributed by atoms with E-state index in [9.17, 15) is 0 Å². The van der Waals surface area contributed by atoms with Crippen molar-refractivity contribution >= 4 is 5.69 Å². The molecule has 0 atom stereocenters. The molecule has 1 aromatic carbocycles. The molecule has 0 saturated heterocycles. The Labute approximate surface area is 81.0 Å². The summed E-state index contributed by atoms with van der Waals surface area (Å²) < 4.78 is 0. The van der Waals surface area contributed by atoms with E-state index in [0.717, 1.165) is 18.5 Å². The lowest BCUT2D eigenvalue weighted by molar-refractivity contribution is 0.648. The lowest BCUT2D eigenvalue weighted by Crippen LogP contribution is -2.02. The molecule has 1 heteroatoms. The van der Waals surface area contributed by atoms with Gasteiger partial charge in [0.2, 0.25) is 0 Å². The molecule has 0 aliphatic heterocycles. The lowest BCUT2D eigenvalue weighted by atomic mass is 9.98. The quantitative estimate of drug-likeness (QED) is 0.706. The summed E-state index contributed by atoms with van der Waals surface area (Å²) in [5.74, 6) is 0.675. The highest BCUT2D eigenvalue weighted by Crippen LogP contribution is 2.20. The predicted molar refractivity (Wildman–Crippen MR) is 58.8 cm³/mol. The molecule has 1 rings (SSSR count). The zero-order valence-electron chi connectivity index (χ0n) is 8.80. The van der Waals surface area contributed by atoms with Gasteiger partial charge in [-0.05, 0) is 29.9 Å². The second-order valence-electron chi connectivity index (χ2n) is 3.94. The average Bonchev–Trinajstić information content (AvgIpc) is 2.08. The largest absolute Gasteiger partial charge is 0.398 e. The number of rotatable bonds is 3. The fraction of sp³-hybridized carbons (Fsp3) is 0.500. The monoisotopic (exact) mass is 177 g/mol. The minimum atomic E-state index is 0.675. The van der Waals surface area contributed by atoms with E-state index >= 15 is 0 Å². The minimum absolute atomic E-state index is 0.675. The molecule has 0 saturated carbocycles. The molecule has 0 fully saturated rings. The van der Waals surface area contributed by atoms with Crippen LogP contribution in [0.5, 0.6) is 0 Å². The average molecular weight is 177 g/mol. The van der Waals surface area contributed by atoms with E-state index in [0.29, 0.717) is 5.92 Å². The van der Waals surface area contributed by atoms with E-state index in [-0.39, 0.29) is 0 Å². The van der Waals surface area contributed by atoms with Crippen LogP contribution in [-0.2, 0) is 12.8 Å². The third-order valence-electron chi connectivity index (χ3n) is 2.30. The third-order valence-corrected chi connectivity index (χ3v) is 2.30. The third kappa shape index (κ3) is 2.48. The predicted octanol–water partition coefficient (Wildman–Crippen LogP) is 3.03. The van der Waals surface area contributed by atoms with Crippen LogP contribution >= 0.6 is 0 Å². The molecule has 13 heavy (non-hydrogen) atoms. The zero-order valence-corrected chi connectivity index (χ0v) is 8.80. The van der Waals surface area contributed by atoms with Gasteiger partial charge in [0.05, 0.1) is 0 Å². The molecule has 0 aliphatic carbocycles. The van der Waals surface area contributed by atoms with Gasteiger partial charge in [0.15, 0.2) is 0 Å². The smallest absolute Gasteiger partial charge is 0.0379 e. The van der Waals surface area contributed by atoms with E-state index in [1.165, 1.54) is 11.1 Å². The molecule has 1 nitrogen and oxygen atoms in total. The Morgan fingerprint density at radius 1 is 1.23 bits per heavy atom. The van der Waals surface area contributed by atoms with Gasteiger partial charge in [0, 0.05) is 5.69 Å². The Balaban J connectivity index is 2.94. The van der Waals surface area contributed by atoms with Crippen molar-refractivity contribution in [2.45, 2.75) is 33.6 Å². The summed E-state index contributed by atoms with van der Waals surface area (Å²) in [4.78, 5) is 0. The SMILES string of the molecule is CCc1cccc(CC(C)C)c1N. The van der Waals surface area contributed by atoms with Crippen LogP contribution in [0.15, 0.2) is 18.2 Å². The number of para-hydroxylation sites is 1. The van der Waals surface area contributed by atoms with Crippen molar-refractivity contribution in [1.29, 1.82) is 0 Å². The number of nitrogen functional groups attached to an aromatic ring is 1. The zero-order chi connectivity index (χ0) is 9.84. The highest BCUT2D eigenvalue weighted by atomic mass is 14.6. The van der Waals surface area contributed by atoms with Crippen LogP contribution in [0.1, 0.15) is 31.9 Å². The van der Waals surface area contributed by atoms with Gasteiger partial charge in [0.25, 0.3) is 0 Å². The van der Waals surface area contributed by atoms with Gasteiger partial charge < -0.3 is 5.73 Å². The van der Waals surface area contributed by atoms with Crippen molar-refractivity contribution in [1.82, 2.24) is 0 Å². The van der Waals surface area contributed by atoms with E-state index < -0.39 is 0 Å². The molecule has 2 N–H and O–H groups in total. The number of hydrogen-bond acceptors (Lipinski definition) is 1. The van der Waals surface area contributed by atoms with Crippen LogP contribution in [0, 0.1) is 5.92 Å². The van der Waals surface area contributed by atoms with Gasteiger partial charge >= 0.3 is 0 Å². The normalized spacial score (nSPS) is 10.8. The van der Waals surface area contributed by atoms with E-state index in [1.807, 2.05) is 0 Å². The molecule has 1 aromatic rings. The Bertz CT molecular complexity index is 276. The summed E-state index contributed by atoms with van der Waals surface area (Å²) in [6.07, 6.45) is 2.11. The van der Waals surface area contributed by atoms with Gasteiger partial charge in [-0.3, -0.25) is 0 Å². The number of benzene rings is 1. The van der Waals surface area contributed by atoms with Crippen LogP contribution in [0.25, 0.3) is 0 Å². The van der Waals surface area contributed by atoms with E-state index in [4.69, 9.17) is 5.73 Å². The second kappa shape index (κ2) is 4.31. The first kappa shape index (κ1) is 10.1. The molecule has 0 amide bonds. The van der Waals surface area contributed by atoms with Gasteiger partial charge in [0.1, 0.15) is 0 Å². The molecule has 0 aliphatic rings. The second-order valence-corrected chi connectivity index (χ2v) is 3.94. The molecule has 0 bridgehead atoms. The first-order valence-electron chi connectivity index (χ1n) is 5.01. The van der Waals surface area contributed by atoms with Crippen LogP contribution in [0.3, 0.4) is 0 Å². The maximum absolute atomic E-state index is 6.04. The summed E-state index contributed by atoms with van der Waals surface area (Å²) in [7, 11) is 0. The summed E-state index contributed by atoms with van der Waals surface area (Å²) in [5, 5.41) is 0. The molecular weight excluding hydrogens is 158 g/mol. The molecule has 72 valence electrons. The summed E-state index contributed by atoms with van der Waals surface area (Å²) in [6, 6.07) is 6.35. The molecule has 0 spiro atoms. The number of anilines is 1. The van der Waals surface area contributed by atoms with Crippen molar-refractivity contribution in [3.8, 4) is 0 Å². The van der Waals surface area contributed by atoms with Crippen LogP contribution in [-0.4, -0.2) is 0 Å². The highest BCUT2D eigenvalue weighted by molar-refractivity contribution is 5.53. The van der Waals surface area contributed by atoms with Crippen molar-refractivity contribution in [2.75, 3.05) is 5.73 Å². The number of nitrogens with two attached hydrogens (primary N) is 1. The minimum Gasteiger partial charge on any atom is -0.398 e. The van der Waals surface area contributed by atoms with Gasteiger partial charge in [-0.2, -0.15) is 0 Å². The van der Waals surface area contributed by atoms with E-state index in [2.05, 4.69) is 39.0 Å². The topological polar surface area (TPSA) is 26.0 Å². The Hall–Kier alpha value is -0.980. The van der Waals surface area contributed by atoms with Gasteiger partial charge in [-0.15, -0.1) is 0 Å². The number of aryl methyl sites for hydroxylation is 1. The first-order chi connectivity index (χ1) is 6.15. The maximum Gasteiger partial charge on any atom is 0.0379 e. The van der Waals surface area contributed by atoms with Crippen molar-refractivity contribution < 1.29 is 0 Å². The molecule has 0 radical (unpaired) electrons. The summed E-state index contributed by atoms with van der Waals surface area (Å²) >= 11 is 0. The van der Waals surface area contributed by atoms with E-state index in [1.54, 1.807) is 0 Å². The fourth-order valence-electron chi connectivity index (χ4n) is 1.59. The molecule has 0 unspecified atom stereocenters.